The summed E-state index contributed by atoms with van der Waals surface area (Å²) in [6, 6.07) is 0. The Kier molecular flexibility index (Phi) is 5.48. The fraction of sp³-hybridized carbons (Fsp3) is 0.824. The van der Waals surface area contributed by atoms with Crippen LogP contribution in [0.15, 0.2) is 0 Å². The van der Waals surface area contributed by atoms with E-state index < -0.39 is 11.0 Å². The number of rotatable bonds is 3. The maximum atomic E-state index is 12.7. The van der Waals surface area contributed by atoms with Gasteiger partial charge in [0, 0.05) is 26.1 Å². The van der Waals surface area contributed by atoms with Gasteiger partial charge in [-0.25, -0.2) is 0 Å². The molecule has 1 radical (unpaired) electrons. The van der Waals surface area contributed by atoms with Crippen molar-refractivity contribution in [1.82, 2.24) is 10.2 Å². The van der Waals surface area contributed by atoms with E-state index in [0.29, 0.717) is 6.54 Å². The van der Waals surface area contributed by atoms with Crippen LogP contribution in [0.3, 0.4) is 0 Å². The highest BCUT2D eigenvalue weighted by Gasteiger charge is 2.45. The van der Waals surface area contributed by atoms with Gasteiger partial charge < -0.3 is 15.0 Å². The van der Waals surface area contributed by atoms with Gasteiger partial charge in [0.25, 0.3) is 0 Å². The van der Waals surface area contributed by atoms with Crippen LogP contribution in [0.4, 0.5) is 0 Å². The monoisotopic (exact) mass is 309 g/mol. The van der Waals surface area contributed by atoms with Crippen molar-refractivity contribution in [3.63, 3.8) is 0 Å². The number of likely N-dealkylation sites (tertiary alicyclic amines) is 1. The summed E-state index contributed by atoms with van der Waals surface area (Å²) in [5, 5.41) is 3.27. The van der Waals surface area contributed by atoms with Gasteiger partial charge in [0.05, 0.1) is 5.41 Å². The summed E-state index contributed by atoms with van der Waals surface area (Å²) in [6.07, 6.45) is 6.00. The Labute approximate surface area is 133 Å². The van der Waals surface area contributed by atoms with E-state index in [2.05, 4.69) is 11.7 Å². The lowest BCUT2D eigenvalue weighted by atomic mass is 9.77. The largest absolute Gasteiger partial charge is 0.459 e. The Morgan fingerprint density at radius 1 is 1.27 bits per heavy atom. The normalized spacial score (nSPS) is 26.6. The third-order valence-electron chi connectivity index (χ3n) is 4.35. The van der Waals surface area contributed by atoms with Crippen LogP contribution < -0.4 is 5.32 Å². The summed E-state index contributed by atoms with van der Waals surface area (Å²) >= 11 is 0. The molecule has 5 nitrogen and oxygen atoms in total. The van der Waals surface area contributed by atoms with E-state index in [1.54, 1.807) is 0 Å². The maximum Gasteiger partial charge on any atom is 0.314 e. The Bertz CT molecular complexity index is 403. The highest BCUT2D eigenvalue weighted by Crippen LogP contribution is 2.34. The van der Waals surface area contributed by atoms with E-state index in [0.717, 1.165) is 45.3 Å². The molecule has 1 amide bonds. The van der Waals surface area contributed by atoms with Crippen LogP contribution >= 0.6 is 0 Å². The molecular formula is C17H29N2O3. The molecule has 1 N–H and O–H groups in total. The number of piperidine rings is 2. The van der Waals surface area contributed by atoms with Gasteiger partial charge in [-0.2, -0.15) is 0 Å². The van der Waals surface area contributed by atoms with Gasteiger partial charge in [-0.3, -0.25) is 9.59 Å². The number of esters is 1. The second-order valence-corrected chi connectivity index (χ2v) is 7.49. The number of carbonyl (C=O) groups is 2. The summed E-state index contributed by atoms with van der Waals surface area (Å²) in [5.41, 5.74) is -1.23. The van der Waals surface area contributed by atoms with Crippen LogP contribution in [-0.2, 0) is 14.3 Å². The lowest BCUT2D eigenvalue weighted by Gasteiger charge is -2.38. The molecule has 125 valence electrons. The van der Waals surface area contributed by atoms with E-state index >= 15 is 0 Å². The Balaban J connectivity index is 2.07. The molecule has 0 spiro atoms. The first-order chi connectivity index (χ1) is 10.3. The standard InChI is InChI=1S/C17H29N2O3/c1-16(2,3)22-15(21)17(8-7-9-18-13-17)12-14(20)19-10-5-4-6-11-19/h4,18H,5-13H2,1-3H3/t17-/m1/s1. The molecule has 2 heterocycles. The number of nitrogens with zero attached hydrogens (tertiary/aromatic N) is 1. The topological polar surface area (TPSA) is 58.6 Å². The van der Waals surface area contributed by atoms with Crippen LogP contribution in [0.25, 0.3) is 0 Å². The highest BCUT2D eigenvalue weighted by atomic mass is 16.6. The summed E-state index contributed by atoms with van der Waals surface area (Å²) in [7, 11) is 0. The molecule has 0 saturated carbocycles. The zero-order chi connectivity index (χ0) is 16.2. The second kappa shape index (κ2) is 6.99. The first-order valence-corrected chi connectivity index (χ1v) is 8.36. The van der Waals surface area contributed by atoms with Crippen molar-refractivity contribution in [3.8, 4) is 0 Å². The fourth-order valence-electron chi connectivity index (χ4n) is 3.15. The smallest absolute Gasteiger partial charge is 0.314 e. The van der Waals surface area contributed by atoms with Gasteiger partial charge in [-0.05, 0) is 59.4 Å². The van der Waals surface area contributed by atoms with Crippen LogP contribution in [0.1, 0.15) is 52.9 Å². The summed E-state index contributed by atoms with van der Waals surface area (Å²) in [4.78, 5) is 27.2. The quantitative estimate of drug-likeness (QED) is 0.809. The molecule has 2 aliphatic rings. The van der Waals surface area contributed by atoms with Crippen molar-refractivity contribution in [2.45, 2.75) is 58.5 Å². The molecule has 0 aromatic rings. The number of ether oxygens (including phenoxy) is 1. The molecule has 2 saturated heterocycles. The lowest BCUT2D eigenvalue weighted by molar-refractivity contribution is -0.171. The van der Waals surface area contributed by atoms with Gasteiger partial charge in [0.15, 0.2) is 0 Å². The lowest BCUT2D eigenvalue weighted by Crippen LogP contribution is -2.51. The average Bonchev–Trinajstić information content (AvgIpc) is 2.47. The molecule has 0 aliphatic carbocycles. The predicted octanol–water partition coefficient (Wildman–Crippen LogP) is 1.91. The van der Waals surface area contributed by atoms with Gasteiger partial charge in [-0.15, -0.1) is 0 Å². The summed E-state index contributed by atoms with van der Waals surface area (Å²) in [6.45, 7) is 8.60. The van der Waals surface area contributed by atoms with E-state index in [4.69, 9.17) is 4.74 Å². The number of hydrogen-bond donors (Lipinski definition) is 1. The van der Waals surface area contributed by atoms with E-state index in [-0.39, 0.29) is 18.3 Å². The third-order valence-corrected chi connectivity index (χ3v) is 4.35. The molecule has 2 fully saturated rings. The number of hydrogen-bond acceptors (Lipinski definition) is 4. The van der Waals surface area contributed by atoms with Crippen LogP contribution in [0.2, 0.25) is 0 Å². The van der Waals surface area contributed by atoms with E-state index in [1.807, 2.05) is 25.7 Å². The Hall–Kier alpha value is -1.10. The van der Waals surface area contributed by atoms with Gasteiger partial charge in [0.2, 0.25) is 5.91 Å². The van der Waals surface area contributed by atoms with Crippen molar-refractivity contribution in [1.29, 1.82) is 0 Å². The van der Waals surface area contributed by atoms with Crippen molar-refractivity contribution >= 4 is 11.9 Å². The molecular weight excluding hydrogens is 280 g/mol. The highest BCUT2D eigenvalue weighted by molar-refractivity contribution is 5.86. The molecule has 1 atom stereocenters. The summed E-state index contributed by atoms with van der Waals surface area (Å²) < 4.78 is 5.61. The van der Waals surface area contributed by atoms with Crippen molar-refractivity contribution in [3.05, 3.63) is 6.42 Å². The minimum Gasteiger partial charge on any atom is -0.459 e. The number of carbonyl (C=O) groups excluding carboxylic acids is 2. The first kappa shape index (κ1) is 17.3. The number of amides is 1. The van der Waals surface area contributed by atoms with Crippen molar-refractivity contribution in [2.24, 2.45) is 5.41 Å². The molecule has 0 aromatic heterocycles. The van der Waals surface area contributed by atoms with Crippen LogP contribution in [0, 0.1) is 11.8 Å². The molecule has 5 heteroatoms. The van der Waals surface area contributed by atoms with E-state index in [1.165, 1.54) is 0 Å². The molecule has 0 unspecified atom stereocenters. The molecule has 0 bridgehead atoms. The van der Waals surface area contributed by atoms with Gasteiger partial charge in [-0.1, -0.05) is 0 Å². The van der Waals surface area contributed by atoms with Crippen LogP contribution in [0.5, 0.6) is 0 Å². The Morgan fingerprint density at radius 3 is 2.50 bits per heavy atom. The molecule has 2 rings (SSSR count). The summed E-state index contributed by atoms with van der Waals surface area (Å²) in [5.74, 6) is -0.146. The predicted molar refractivity (Wildman–Crippen MR) is 85.1 cm³/mol. The van der Waals surface area contributed by atoms with Gasteiger partial charge >= 0.3 is 5.97 Å². The third kappa shape index (κ3) is 4.45. The minimum absolute atomic E-state index is 0.0858. The minimum atomic E-state index is -0.705. The van der Waals surface area contributed by atoms with E-state index in [9.17, 15) is 9.59 Å². The first-order valence-electron chi connectivity index (χ1n) is 8.36. The van der Waals surface area contributed by atoms with Crippen molar-refractivity contribution < 1.29 is 14.3 Å². The fourth-order valence-corrected chi connectivity index (χ4v) is 3.15. The zero-order valence-electron chi connectivity index (χ0n) is 14.1. The van der Waals surface area contributed by atoms with Crippen LogP contribution in [-0.4, -0.2) is 48.6 Å². The average molecular weight is 309 g/mol. The molecule has 2 aliphatic heterocycles. The van der Waals surface area contributed by atoms with Crippen molar-refractivity contribution in [2.75, 3.05) is 26.2 Å². The Morgan fingerprint density at radius 2 is 1.95 bits per heavy atom. The number of nitrogens with one attached hydrogen (secondary N) is 1. The van der Waals surface area contributed by atoms with Gasteiger partial charge in [0.1, 0.15) is 5.60 Å². The molecule has 22 heavy (non-hydrogen) atoms. The molecule has 0 aromatic carbocycles. The SMILES string of the molecule is CC(C)(C)OC(=O)[C@@]1(CC(=O)N2CC[CH]CC2)CCCNC1. The second-order valence-electron chi connectivity index (χ2n) is 7.49. The zero-order valence-corrected chi connectivity index (χ0v) is 14.1. The maximum absolute atomic E-state index is 12.7.